The Hall–Kier alpha value is -1.46. The van der Waals surface area contributed by atoms with Gasteiger partial charge in [0.15, 0.2) is 0 Å². The van der Waals surface area contributed by atoms with Gasteiger partial charge in [-0.2, -0.15) is 0 Å². The SMILES string of the molecule is COCCCCCNc1c(Cl)cc(N)cc1C(=O)OC. The van der Waals surface area contributed by atoms with Gasteiger partial charge in [-0.1, -0.05) is 11.6 Å². The second-order valence-corrected chi connectivity index (χ2v) is 4.80. The Morgan fingerprint density at radius 1 is 1.30 bits per heavy atom. The standard InChI is InChI=1S/C14H21ClN2O3/c1-19-7-5-3-4-6-17-13-11(14(18)20-2)8-10(16)9-12(13)15/h8-9,17H,3-7,16H2,1-2H3. The van der Waals surface area contributed by atoms with Gasteiger partial charge >= 0.3 is 5.97 Å². The highest BCUT2D eigenvalue weighted by Gasteiger charge is 2.15. The van der Waals surface area contributed by atoms with Crippen molar-refractivity contribution in [1.29, 1.82) is 0 Å². The Labute approximate surface area is 124 Å². The number of carbonyl (C=O) groups excluding carboxylic acids is 1. The smallest absolute Gasteiger partial charge is 0.340 e. The molecule has 20 heavy (non-hydrogen) atoms. The van der Waals surface area contributed by atoms with Crippen LogP contribution in [0.5, 0.6) is 0 Å². The van der Waals surface area contributed by atoms with Gasteiger partial charge in [0.1, 0.15) is 0 Å². The highest BCUT2D eigenvalue weighted by Crippen LogP contribution is 2.29. The lowest BCUT2D eigenvalue weighted by atomic mass is 10.1. The van der Waals surface area contributed by atoms with Gasteiger partial charge in [0.2, 0.25) is 0 Å². The summed E-state index contributed by atoms with van der Waals surface area (Å²) in [6.07, 6.45) is 3.02. The molecule has 0 heterocycles. The zero-order valence-electron chi connectivity index (χ0n) is 11.9. The van der Waals surface area contributed by atoms with Crippen molar-refractivity contribution in [2.75, 3.05) is 38.4 Å². The summed E-state index contributed by atoms with van der Waals surface area (Å²) in [5, 5.41) is 3.59. The molecule has 0 spiro atoms. The first-order valence-electron chi connectivity index (χ1n) is 6.50. The van der Waals surface area contributed by atoms with Gasteiger partial charge in [0.05, 0.1) is 23.4 Å². The fourth-order valence-electron chi connectivity index (χ4n) is 1.84. The number of benzene rings is 1. The number of carbonyl (C=O) groups is 1. The maximum atomic E-state index is 11.7. The third-order valence-corrected chi connectivity index (χ3v) is 3.14. The molecule has 5 nitrogen and oxygen atoms in total. The summed E-state index contributed by atoms with van der Waals surface area (Å²) in [6, 6.07) is 3.17. The average molecular weight is 301 g/mol. The molecule has 0 aromatic heterocycles. The molecule has 0 saturated heterocycles. The van der Waals surface area contributed by atoms with Crippen LogP contribution in [0.4, 0.5) is 11.4 Å². The molecule has 1 rings (SSSR count). The molecule has 0 aliphatic heterocycles. The van der Waals surface area contributed by atoms with Crippen molar-refractivity contribution in [3.05, 3.63) is 22.7 Å². The van der Waals surface area contributed by atoms with Gasteiger partial charge in [-0.3, -0.25) is 0 Å². The van der Waals surface area contributed by atoms with Crippen LogP contribution >= 0.6 is 11.6 Å². The van der Waals surface area contributed by atoms with E-state index in [0.29, 0.717) is 22.0 Å². The summed E-state index contributed by atoms with van der Waals surface area (Å²) in [7, 11) is 3.02. The van der Waals surface area contributed by atoms with E-state index >= 15 is 0 Å². The number of nitrogens with two attached hydrogens (primary N) is 1. The van der Waals surface area contributed by atoms with Gasteiger partial charge < -0.3 is 20.5 Å². The summed E-state index contributed by atoms with van der Waals surface area (Å²) in [5.74, 6) is -0.457. The van der Waals surface area contributed by atoms with E-state index in [0.717, 1.165) is 32.4 Å². The molecular formula is C14H21ClN2O3. The van der Waals surface area contributed by atoms with Crippen LogP contribution in [0.3, 0.4) is 0 Å². The molecule has 0 bridgehead atoms. The lowest BCUT2D eigenvalue weighted by Gasteiger charge is -2.13. The number of unbranched alkanes of at least 4 members (excludes halogenated alkanes) is 2. The van der Waals surface area contributed by atoms with Crippen LogP contribution < -0.4 is 11.1 Å². The Kier molecular flexibility index (Phi) is 7.18. The van der Waals surface area contributed by atoms with E-state index in [1.807, 2.05) is 0 Å². The molecule has 112 valence electrons. The van der Waals surface area contributed by atoms with E-state index in [-0.39, 0.29) is 0 Å². The number of rotatable bonds is 8. The molecule has 0 aliphatic carbocycles. The molecule has 0 fully saturated rings. The molecule has 0 unspecified atom stereocenters. The molecule has 0 radical (unpaired) electrons. The van der Waals surface area contributed by atoms with Gasteiger partial charge in [-0.05, 0) is 31.4 Å². The molecule has 6 heteroatoms. The summed E-state index contributed by atoms with van der Waals surface area (Å²) in [5.41, 5.74) is 7.05. The van der Waals surface area contributed by atoms with E-state index in [9.17, 15) is 4.79 Å². The number of ether oxygens (including phenoxy) is 2. The van der Waals surface area contributed by atoms with Crippen molar-refractivity contribution in [1.82, 2.24) is 0 Å². The second-order valence-electron chi connectivity index (χ2n) is 4.40. The van der Waals surface area contributed by atoms with Gasteiger partial charge in [-0.25, -0.2) is 4.79 Å². The van der Waals surface area contributed by atoms with E-state index in [4.69, 9.17) is 26.8 Å². The highest BCUT2D eigenvalue weighted by atomic mass is 35.5. The fraction of sp³-hybridized carbons (Fsp3) is 0.500. The quantitative estimate of drug-likeness (QED) is 0.439. The zero-order valence-corrected chi connectivity index (χ0v) is 12.6. The minimum atomic E-state index is -0.457. The van der Waals surface area contributed by atoms with Crippen LogP contribution in [0, 0.1) is 0 Å². The monoisotopic (exact) mass is 300 g/mol. The number of halogens is 1. The first-order valence-corrected chi connectivity index (χ1v) is 6.88. The zero-order chi connectivity index (χ0) is 15.0. The number of esters is 1. The van der Waals surface area contributed by atoms with Crippen molar-refractivity contribution >= 4 is 28.9 Å². The number of hydrogen-bond donors (Lipinski definition) is 2. The molecule has 0 aliphatic rings. The summed E-state index contributed by atoms with van der Waals surface area (Å²) >= 11 is 6.13. The first-order chi connectivity index (χ1) is 9.60. The number of nitrogens with one attached hydrogen (secondary N) is 1. The van der Waals surface area contributed by atoms with E-state index in [1.165, 1.54) is 7.11 Å². The average Bonchev–Trinajstić information content (AvgIpc) is 2.43. The van der Waals surface area contributed by atoms with Crippen molar-refractivity contribution < 1.29 is 14.3 Å². The van der Waals surface area contributed by atoms with Crippen molar-refractivity contribution in [3.63, 3.8) is 0 Å². The van der Waals surface area contributed by atoms with Crippen LogP contribution in [0.2, 0.25) is 5.02 Å². The predicted molar refractivity (Wildman–Crippen MR) is 81.4 cm³/mol. The Bertz CT molecular complexity index is 452. The number of hydrogen-bond acceptors (Lipinski definition) is 5. The van der Waals surface area contributed by atoms with Gasteiger partial charge in [-0.15, -0.1) is 0 Å². The summed E-state index contributed by atoms with van der Waals surface area (Å²) in [6.45, 7) is 1.48. The molecule has 0 saturated carbocycles. The highest BCUT2D eigenvalue weighted by molar-refractivity contribution is 6.34. The molecule has 0 atom stereocenters. The summed E-state index contributed by atoms with van der Waals surface area (Å²) < 4.78 is 9.72. The lowest BCUT2D eigenvalue weighted by molar-refractivity contribution is 0.0602. The minimum absolute atomic E-state index is 0.356. The minimum Gasteiger partial charge on any atom is -0.465 e. The third-order valence-electron chi connectivity index (χ3n) is 2.84. The third kappa shape index (κ3) is 4.90. The van der Waals surface area contributed by atoms with Crippen molar-refractivity contribution in [2.24, 2.45) is 0 Å². The Morgan fingerprint density at radius 3 is 2.70 bits per heavy atom. The van der Waals surface area contributed by atoms with Crippen LogP contribution in [-0.2, 0) is 9.47 Å². The first kappa shape index (κ1) is 16.6. The second kappa shape index (κ2) is 8.66. The number of methoxy groups -OCH3 is 2. The molecule has 3 N–H and O–H groups in total. The molecular weight excluding hydrogens is 280 g/mol. The van der Waals surface area contributed by atoms with Gasteiger partial charge in [0.25, 0.3) is 0 Å². The van der Waals surface area contributed by atoms with E-state index in [1.54, 1.807) is 19.2 Å². The predicted octanol–water partition coefficient (Wildman–Crippen LogP) is 2.94. The van der Waals surface area contributed by atoms with E-state index < -0.39 is 5.97 Å². The van der Waals surface area contributed by atoms with Gasteiger partial charge in [0, 0.05) is 25.9 Å². The Balaban J connectivity index is 2.66. The number of nitrogen functional groups attached to an aromatic ring is 1. The lowest BCUT2D eigenvalue weighted by Crippen LogP contribution is -2.11. The number of anilines is 2. The summed E-state index contributed by atoms with van der Waals surface area (Å²) in [4.78, 5) is 11.7. The normalized spacial score (nSPS) is 10.3. The van der Waals surface area contributed by atoms with Crippen LogP contribution in [0.25, 0.3) is 0 Å². The molecule has 1 aromatic carbocycles. The molecule has 1 aromatic rings. The van der Waals surface area contributed by atoms with Crippen LogP contribution in [0.1, 0.15) is 29.6 Å². The largest absolute Gasteiger partial charge is 0.465 e. The topological polar surface area (TPSA) is 73.6 Å². The fourth-order valence-corrected chi connectivity index (χ4v) is 2.13. The maximum absolute atomic E-state index is 11.7. The van der Waals surface area contributed by atoms with Crippen LogP contribution in [-0.4, -0.2) is 33.3 Å². The van der Waals surface area contributed by atoms with Crippen molar-refractivity contribution in [2.45, 2.75) is 19.3 Å². The van der Waals surface area contributed by atoms with Crippen LogP contribution in [0.15, 0.2) is 12.1 Å². The Morgan fingerprint density at radius 2 is 2.05 bits per heavy atom. The van der Waals surface area contributed by atoms with Crippen molar-refractivity contribution in [3.8, 4) is 0 Å². The maximum Gasteiger partial charge on any atom is 0.340 e. The van der Waals surface area contributed by atoms with E-state index in [2.05, 4.69) is 5.32 Å². The molecule has 0 amide bonds.